The zero-order valence-corrected chi connectivity index (χ0v) is 13.0. The second-order valence-electron chi connectivity index (χ2n) is 5.78. The molecule has 2 aliphatic rings. The van der Waals surface area contributed by atoms with Gasteiger partial charge in [-0.15, -0.1) is 11.8 Å². The third-order valence-corrected chi connectivity index (χ3v) is 5.82. The van der Waals surface area contributed by atoms with Crippen LogP contribution in [0.15, 0.2) is 24.5 Å². The van der Waals surface area contributed by atoms with Gasteiger partial charge in [0.1, 0.15) is 6.04 Å². The van der Waals surface area contributed by atoms with E-state index in [1.165, 1.54) is 0 Å². The fraction of sp³-hybridized carbons (Fsp3) is 0.533. The smallest absolute Gasteiger partial charge is 0.244 e. The highest BCUT2D eigenvalue weighted by Gasteiger charge is 2.52. The van der Waals surface area contributed by atoms with E-state index in [2.05, 4.69) is 17.2 Å². The Morgan fingerprint density at radius 1 is 1.52 bits per heavy atom. The van der Waals surface area contributed by atoms with Crippen LogP contribution in [-0.4, -0.2) is 38.4 Å². The van der Waals surface area contributed by atoms with Crippen molar-refractivity contribution in [3.8, 4) is 0 Å². The maximum atomic E-state index is 12.5. The highest BCUT2D eigenvalue weighted by atomic mass is 32.2. The van der Waals surface area contributed by atoms with Gasteiger partial charge < -0.3 is 10.2 Å². The first-order valence-electron chi connectivity index (χ1n) is 7.18. The number of thioether (sulfide) groups is 1. The number of hydrogen-bond donors (Lipinski definition) is 1. The Labute approximate surface area is 128 Å². The third-order valence-electron chi connectivity index (χ3n) is 4.31. The molecule has 1 N–H and O–H groups in total. The first-order valence-corrected chi connectivity index (χ1v) is 8.16. The van der Waals surface area contributed by atoms with Gasteiger partial charge in [0.2, 0.25) is 11.8 Å². The van der Waals surface area contributed by atoms with E-state index >= 15 is 0 Å². The van der Waals surface area contributed by atoms with E-state index in [1.54, 1.807) is 29.1 Å². The Morgan fingerprint density at radius 3 is 2.95 bits per heavy atom. The molecular weight excluding hydrogens is 286 g/mol. The maximum Gasteiger partial charge on any atom is 0.244 e. The second-order valence-corrected chi connectivity index (χ2v) is 7.28. The lowest BCUT2D eigenvalue weighted by molar-refractivity contribution is -0.138. The number of nitrogens with one attached hydrogen (secondary N) is 1. The molecule has 3 heterocycles. The number of fused-ring (bicyclic) bond motifs is 1. The van der Waals surface area contributed by atoms with E-state index < -0.39 is 0 Å². The second kappa shape index (κ2) is 5.33. The molecule has 5 nitrogen and oxygen atoms in total. The minimum absolute atomic E-state index is 0.0641. The SMILES string of the molecule is CC(NC(=O)C1CSC2(C)CCC(=O)N12)c1ccncc1. The topological polar surface area (TPSA) is 62.3 Å². The molecule has 3 unspecified atom stereocenters. The van der Waals surface area contributed by atoms with Crippen molar-refractivity contribution in [1.82, 2.24) is 15.2 Å². The predicted molar refractivity (Wildman–Crippen MR) is 81.5 cm³/mol. The van der Waals surface area contributed by atoms with Crippen LogP contribution in [0.5, 0.6) is 0 Å². The van der Waals surface area contributed by atoms with Gasteiger partial charge >= 0.3 is 0 Å². The summed E-state index contributed by atoms with van der Waals surface area (Å²) < 4.78 is 0. The highest BCUT2D eigenvalue weighted by Crippen LogP contribution is 2.47. The highest BCUT2D eigenvalue weighted by molar-refractivity contribution is 8.01. The van der Waals surface area contributed by atoms with Crippen LogP contribution in [0, 0.1) is 0 Å². The number of carbonyl (C=O) groups is 2. The summed E-state index contributed by atoms with van der Waals surface area (Å²) in [4.78, 5) is 30.1. The molecule has 2 fully saturated rings. The first-order chi connectivity index (χ1) is 10.0. The van der Waals surface area contributed by atoms with Crippen molar-refractivity contribution >= 4 is 23.6 Å². The van der Waals surface area contributed by atoms with Crippen molar-refractivity contribution in [2.45, 2.75) is 43.6 Å². The van der Waals surface area contributed by atoms with Gasteiger partial charge in [-0.3, -0.25) is 14.6 Å². The summed E-state index contributed by atoms with van der Waals surface area (Å²) in [6.07, 6.45) is 4.81. The molecule has 2 aliphatic heterocycles. The number of hydrogen-bond acceptors (Lipinski definition) is 4. The van der Waals surface area contributed by atoms with Crippen LogP contribution in [0.1, 0.15) is 38.3 Å². The van der Waals surface area contributed by atoms with Crippen LogP contribution >= 0.6 is 11.8 Å². The number of nitrogens with zero attached hydrogens (tertiary/aromatic N) is 2. The van der Waals surface area contributed by atoms with Gasteiger partial charge in [0, 0.05) is 24.6 Å². The zero-order valence-electron chi connectivity index (χ0n) is 12.2. The fourth-order valence-corrected chi connectivity index (χ4v) is 4.49. The Kier molecular flexibility index (Phi) is 3.65. The molecule has 0 aliphatic carbocycles. The molecule has 21 heavy (non-hydrogen) atoms. The molecule has 0 aromatic carbocycles. The first kappa shape index (κ1) is 14.4. The van der Waals surface area contributed by atoms with Crippen molar-refractivity contribution in [1.29, 1.82) is 0 Å². The molecule has 3 atom stereocenters. The van der Waals surface area contributed by atoms with Crippen molar-refractivity contribution in [2.24, 2.45) is 0 Å². The van der Waals surface area contributed by atoms with Gasteiger partial charge in [-0.05, 0) is 38.0 Å². The molecule has 2 saturated heterocycles. The van der Waals surface area contributed by atoms with Gasteiger partial charge in [-0.1, -0.05) is 0 Å². The Hall–Kier alpha value is -1.56. The molecule has 1 aromatic rings. The lowest BCUT2D eigenvalue weighted by Crippen LogP contribution is -2.50. The van der Waals surface area contributed by atoms with Gasteiger partial charge in [-0.25, -0.2) is 0 Å². The van der Waals surface area contributed by atoms with E-state index in [4.69, 9.17) is 0 Å². The average molecular weight is 305 g/mol. The number of pyridine rings is 1. The van der Waals surface area contributed by atoms with Gasteiger partial charge in [-0.2, -0.15) is 0 Å². The summed E-state index contributed by atoms with van der Waals surface area (Å²) in [6, 6.07) is 3.34. The normalized spacial score (nSPS) is 29.3. The summed E-state index contributed by atoms with van der Waals surface area (Å²) in [5.74, 6) is 0.710. The molecule has 0 bridgehead atoms. The van der Waals surface area contributed by atoms with Crippen LogP contribution in [-0.2, 0) is 9.59 Å². The fourth-order valence-electron chi connectivity index (χ4n) is 3.06. The number of aromatic nitrogens is 1. The Morgan fingerprint density at radius 2 is 2.24 bits per heavy atom. The molecule has 0 spiro atoms. The van der Waals surface area contributed by atoms with Crippen molar-refractivity contribution in [3.05, 3.63) is 30.1 Å². The third kappa shape index (κ3) is 2.52. The maximum absolute atomic E-state index is 12.5. The largest absolute Gasteiger partial charge is 0.348 e. The summed E-state index contributed by atoms with van der Waals surface area (Å²) in [7, 11) is 0. The van der Waals surface area contributed by atoms with E-state index in [-0.39, 0.29) is 28.8 Å². The van der Waals surface area contributed by atoms with Crippen LogP contribution in [0.4, 0.5) is 0 Å². The van der Waals surface area contributed by atoms with Gasteiger partial charge in [0.25, 0.3) is 0 Å². The zero-order chi connectivity index (χ0) is 15.0. The van der Waals surface area contributed by atoms with Crippen molar-refractivity contribution in [2.75, 3.05) is 5.75 Å². The molecular formula is C15H19N3O2S. The number of rotatable bonds is 3. The van der Waals surface area contributed by atoms with E-state index in [0.29, 0.717) is 12.2 Å². The molecule has 6 heteroatoms. The van der Waals surface area contributed by atoms with Crippen molar-refractivity contribution in [3.63, 3.8) is 0 Å². The summed E-state index contributed by atoms with van der Waals surface area (Å²) in [6.45, 7) is 4.00. The average Bonchev–Trinajstić information content (AvgIpc) is 2.97. The van der Waals surface area contributed by atoms with Crippen molar-refractivity contribution < 1.29 is 9.59 Å². The van der Waals surface area contributed by atoms with E-state index in [9.17, 15) is 9.59 Å². The lowest BCUT2D eigenvalue weighted by atomic mass is 10.1. The van der Waals surface area contributed by atoms with Crippen LogP contribution < -0.4 is 5.32 Å². The predicted octanol–water partition coefficient (Wildman–Crippen LogP) is 1.71. The Bertz CT molecular complexity index is 565. The lowest BCUT2D eigenvalue weighted by Gasteiger charge is -2.30. The number of carbonyl (C=O) groups excluding carboxylic acids is 2. The Balaban J connectivity index is 1.70. The minimum Gasteiger partial charge on any atom is -0.348 e. The summed E-state index contributed by atoms with van der Waals surface area (Å²) >= 11 is 1.71. The van der Waals surface area contributed by atoms with E-state index in [1.807, 2.05) is 19.1 Å². The molecule has 0 radical (unpaired) electrons. The monoisotopic (exact) mass is 305 g/mol. The molecule has 0 saturated carbocycles. The number of amides is 2. The standard InChI is InChI=1S/C15H19N3O2S/c1-10(11-4-7-16-8-5-11)17-14(20)12-9-21-15(2)6-3-13(19)18(12)15/h4-5,7-8,10,12H,3,6,9H2,1-2H3,(H,17,20). The van der Waals surface area contributed by atoms with Gasteiger partial charge in [0.15, 0.2) is 0 Å². The molecule has 3 rings (SSSR count). The van der Waals surface area contributed by atoms with Crippen LogP contribution in [0.2, 0.25) is 0 Å². The molecule has 1 aromatic heterocycles. The van der Waals surface area contributed by atoms with E-state index in [0.717, 1.165) is 12.0 Å². The quantitative estimate of drug-likeness (QED) is 0.923. The van der Waals surface area contributed by atoms with Crippen LogP contribution in [0.25, 0.3) is 0 Å². The minimum atomic E-state index is -0.348. The molecule has 2 amide bonds. The summed E-state index contributed by atoms with van der Waals surface area (Å²) in [5, 5.41) is 3.01. The summed E-state index contributed by atoms with van der Waals surface area (Å²) in [5.41, 5.74) is 1.01. The molecule has 112 valence electrons. The van der Waals surface area contributed by atoms with Gasteiger partial charge in [0.05, 0.1) is 10.9 Å². The van der Waals surface area contributed by atoms with Crippen LogP contribution in [0.3, 0.4) is 0 Å².